The second-order valence-corrected chi connectivity index (χ2v) is 9.88. The fraction of sp³-hybridized carbons (Fsp3) is 0.261. The van der Waals surface area contributed by atoms with Crippen molar-refractivity contribution in [1.82, 2.24) is 4.31 Å². The normalized spacial score (nSPS) is 15.3. The summed E-state index contributed by atoms with van der Waals surface area (Å²) >= 11 is 6.09. The number of nitrogens with two attached hydrogens (primary N) is 1. The molecule has 0 saturated carbocycles. The Balaban J connectivity index is 1.72. The Kier molecular flexibility index (Phi) is 7.94. The summed E-state index contributed by atoms with van der Waals surface area (Å²) in [4.78, 5) is 26.5. The summed E-state index contributed by atoms with van der Waals surface area (Å²) in [6, 6.07) is 15.1. The molecule has 9 nitrogen and oxygen atoms in total. The number of carbonyl (C=O) groups excluding carboxylic acids is 2. The van der Waals surface area contributed by atoms with Gasteiger partial charge in [-0.3, -0.25) is 4.79 Å². The van der Waals surface area contributed by atoms with Gasteiger partial charge in [0.15, 0.2) is 6.61 Å². The van der Waals surface area contributed by atoms with E-state index in [1.165, 1.54) is 23.4 Å². The number of nitriles is 1. The Morgan fingerprint density at radius 3 is 2.35 bits per heavy atom. The van der Waals surface area contributed by atoms with Crippen LogP contribution in [-0.2, 0) is 19.6 Å². The van der Waals surface area contributed by atoms with Gasteiger partial charge in [0.2, 0.25) is 15.8 Å². The van der Waals surface area contributed by atoms with Crippen LogP contribution in [0.3, 0.4) is 0 Å². The number of ketones is 1. The van der Waals surface area contributed by atoms with E-state index in [2.05, 4.69) is 4.90 Å². The number of esters is 1. The van der Waals surface area contributed by atoms with Gasteiger partial charge in [0.1, 0.15) is 11.6 Å². The lowest BCUT2D eigenvalue weighted by molar-refractivity contribution is -0.118. The van der Waals surface area contributed by atoms with Crippen LogP contribution in [0.5, 0.6) is 0 Å². The topological polar surface area (TPSA) is 134 Å². The molecular formula is C23H23ClN4O5S. The number of ether oxygens (including phenoxy) is 1. The number of para-hydroxylation sites is 1. The standard InChI is InChI=1S/C23H23ClN4O5S/c1-16(26)20(14-25)22(29)15-33-23(30)19-13-18(7-8-21(19)24)34(31,32)28-11-9-27(10-12-28)17-5-3-2-4-6-17/h2-8,13H,9-12,15,26H2,1H3. The van der Waals surface area contributed by atoms with Crippen LogP contribution < -0.4 is 10.6 Å². The van der Waals surface area contributed by atoms with Crippen molar-refractivity contribution in [2.45, 2.75) is 11.8 Å². The van der Waals surface area contributed by atoms with Crippen LogP contribution in [0.25, 0.3) is 0 Å². The van der Waals surface area contributed by atoms with Gasteiger partial charge in [0, 0.05) is 37.6 Å². The molecule has 3 rings (SSSR count). The Hall–Kier alpha value is -3.39. The molecule has 1 aliphatic heterocycles. The third-order valence-corrected chi connectivity index (χ3v) is 7.50. The molecule has 2 N–H and O–H groups in total. The average molecular weight is 503 g/mol. The first-order chi connectivity index (χ1) is 16.1. The number of benzene rings is 2. The molecule has 0 atom stereocenters. The molecule has 1 saturated heterocycles. The van der Waals surface area contributed by atoms with Crippen molar-refractivity contribution in [3.8, 4) is 6.07 Å². The molecule has 178 valence electrons. The summed E-state index contributed by atoms with van der Waals surface area (Å²) in [6.07, 6.45) is 0. The third kappa shape index (κ3) is 5.56. The van der Waals surface area contributed by atoms with Gasteiger partial charge in [-0.2, -0.15) is 9.57 Å². The number of rotatable bonds is 7. The second kappa shape index (κ2) is 10.7. The number of nitrogens with zero attached hydrogens (tertiary/aromatic N) is 3. The van der Waals surface area contributed by atoms with Gasteiger partial charge in [-0.25, -0.2) is 13.2 Å². The van der Waals surface area contributed by atoms with E-state index in [9.17, 15) is 18.0 Å². The van der Waals surface area contributed by atoms with E-state index in [-0.39, 0.29) is 39.8 Å². The number of carbonyl (C=O) groups is 2. The number of Topliss-reactive ketones (excluding diaryl/α,β-unsaturated/α-hetero) is 1. The van der Waals surface area contributed by atoms with Crippen molar-refractivity contribution in [3.05, 3.63) is 70.4 Å². The summed E-state index contributed by atoms with van der Waals surface area (Å²) in [5.74, 6) is -1.76. The van der Waals surface area contributed by atoms with Crippen LogP contribution in [0.15, 0.2) is 64.7 Å². The van der Waals surface area contributed by atoms with Crippen molar-refractivity contribution in [2.75, 3.05) is 37.7 Å². The number of allylic oxidation sites excluding steroid dienone is 1. The van der Waals surface area contributed by atoms with Gasteiger partial charge in [-0.05, 0) is 37.3 Å². The van der Waals surface area contributed by atoms with Crippen LogP contribution in [0.2, 0.25) is 5.02 Å². The van der Waals surface area contributed by atoms with Crippen molar-refractivity contribution in [3.63, 3.8) is 0 Å². The maximum Gasteiger partial charge on any atom is 0.340 e. The first-order valence-electron chi connectivity index (χ1n) is 10.3. The van der Waals surface area contributed by atoms with Crippen molar-refractivity contribution in [1.29, 1.82) is 5.26 Å². The van der Waals surface area contributed by atoms with Crippen LogP contribution >= 0.6 is 11.6 Å². The van der Waals surface area contributed by atoms with E-state index in [4.69, 9.17) is 27.3 Å². The largest absolute Gasteiger partial charge is 0.454 e. The monoisotopic (exact) mass is 502 g/mol. The van der Waals surface area contributed by atoms with Crippen molar-refractivity contribution < 1.29 is 22.7 Å². The fourth-order valence-electron chi connectivity index (χ4n) is 3.45. The zero-order valence-corrected chi connectivity index (χ0v) is 20.0. The number of hydrogen-bond donors (Lipinski definition) is 1. The molecule has 1 heterocycles. The minimum absolute atomic E-state index is 0.00188. The summed E-state index contributed by atoms with van der Waals surface area (Å²) in [7, 11) is -3.89. The van der Waals surface area contributed by atoms with Gasteiger partial charge in [0.25, 0.3) is 0 Å². The number of hydrogen-bond acceptors (Lipinski definition) is 8. The number of piperazine rings is 1. The van der Waals surface area contributed by atoms with Gasteiger partial charge in [-0.1, -0.05) is 29.8 Å². The predicted octanol–water partition coefficient (Wildman–Crippen LogP) is 2.33. The average Bonchev–Trinajstić information content (AvgIpc) is 2.83. The van der Waals surface area contributed by atoms with E-state index in [1.54, 1.807) is 6.07 Å². The van der Waals surface area contributed by atoms with E-state index in [0.717, 1.165) is 11.8 Å². The van der Waals surface area contributed by atoms with Gasteiger partial charge >= 0.3 is 5.97 Å². The molecular weight excluding hydrogens is 480 g/mol. The molecule has 34 heavy (non-hydrogen) atoms. The molecule has 2 aromatic carbocycles. The highest BCUT2D eigenvalue weighted by atomic mass is 35.5. The van der Waals surface area contributed by atoms with Crippen LogP contribution in [-0.4, -0.2) is 57.3 Å². The Morgan fingerprint density at radius 2 is 1.76 bits per heavy atom. The lowest BCUT2D eigenvalue weighted by Crippen LogP contribution is -2.48. The number of halogens is 1. The summed E-state index contributed by atoms with van der Waals surface area (Å²) in [6.45, 7) is 2.23. The van der Waals surface area contributed by atoms with Crippen molar-refractivity contribution >= 4 is 39.1 Å². The second-order valence-electron chi connectivity index (χ2n) is 7.54. The maximum atomic E-state index is 13.2. The SMILES string of the molecule is CC(N)=C(C#N)C(=O)COC(=O)c1cc(S(=O)(=O)N2CCN(c3ccccc3)CC2)ccc1Cl. The quantitative estimate of drug-likeness (QED) is 0.346. The Labute approximate surface area is 203 Å². The highest BCUT2D eigenvalue weighted by molar-refractivity contribution is 7.89. The Bertz CT molecular complexity index is 1260. The lowest BCUT2D eigenvalue weighted by Gasteiger charge is -2.35. The fourth-order valence-corrected chi connectivity index (χ4v) is 5.09. The smallest absolute Gasteiger partial charge is 0.340 e. The molecule has 1 aliphatic rings. The number of anilines is 1. The summed E-state index contributed by atoms with van der Waals surface area (Å²) < 4.78 is 32.7. The molecule has 11 heteroatoms. The van der Waals surface area contributed by atoms with Crippen LogP contribution in [0.1, 0.15) is 17.3 Å². The molecule has 0 spiro atoms. The highest BCUT2D eigenvalue weighted by Crippen LogP contribution is 2.25. The van der Waals surface area contributed by atoms with Crippen molar-refractivity contribution in [2.24, 2.45) is 5.73 Å². The van der Waals surface area contributed by atoms with E-state index < -0.39 is 28.4 Å². The van der Waals surface area contributed by atoms with Crippen LogP contribution in [0.4, 0.5) is 5.69 Å². The van der Waals surface area contributed by atoms with Gasteiger partial charge in [-0.15, -0.1) is 0 Å². The molecule has 0 aromatic heterocycles. The van der Waals surface area contributed by atoms with Gasteiger partial charge < -0.3 is 15.4 Å². The van der Waals surface area contributed by atoms with E-state index in [0.29, 0.717) is 13.1 Å². The first kappa shape index (κ1) is 25.2. The maximum absolute atomic E-state index is 13.2. The third-order valence-electron chi connectivity index (χ3n) is 5.27. The Morgan fingerprint density at radius 1 is 1.12 bits per heavy atom. The zero-order chi connectivity index (χ0) is 24.9. The molecule has 0 unspecified atom stereocenters. The van der Waals surface area contributed by atoms with Crippen LogP contribution in [0, 0.1) is 11.3 Å². The summed E-state index contributed by atoms with van der Waals surface area (Å²) in [5, 5.41) is 8.95. The minimum atomic E-state index is -3.89. The van der Waals surface area contributed by atoms with E-state index in [1.807, 2.05) is 30.3 Å². The minimum Gasteiger partial charge on any atom is -0.454 e. The molecule has 0 aliphatic carbocycles. The van der Waals surface area contributed by atoms with Gasteiger partial charge in [0.05, 0.1) is 15.5 Å². The van der Waals surface area contributed by atoms with E-state index >= 15 is 0 Å². The molecule has 0 radical (unpaired) electrons. The molecule has 0 amide bonds. The highest BCUT2D eigenvalue weighted by Gasteiger charge is 2.30. The number of sulfonamides is 1. The molecule has 2 aromatic rings. The lowest BCUT2D eigenvalue weighted by atomic mass is 10.1. The molecule has 0 bridgehead atoms. The molecule has 1 fully saturated rings. The first-order valence-corrected chi connectivity index (χ1v) is 12.1. The zero-order valence-electron chi connectivity index (χ0n) is 18.4. The summed E-state index contributed by atoms with van der Waals surface area (Å²) in [5.41, 5.74) is 5.97. The predicted molar refractivity (Wildman–Crippen MR) is 127 cm³/mol.